The predicted molar refractivity (Wildman–Crippen MR) is 78.6 cm³/mol. The van der Waals surface area contributed by atoms with Crippen LogP contribution >= 0.6 is 0 Å². The molecular formula is C14H21FN4O2. The number of nitrogens with zero attached hydrogens (tertiary/aromatic N) is 1. The van der Waals surface area contributed by atoms with E-state index < -0.39 is 11.7 Å². The number of halogens is 1. The minimum Gasteiger partial charge on any atom is -0.369 e. The number of hydrogen-bond acceptors (Lipinski definition) is 4. The lowest BCUT2D eigenvalue weighted by atomic mass is 10.2. The molecule has 0 aliphatic rings. The van der Waals surface area contributed by atoms with Crippen LogP contribution in [0.15, 0.2) is 12.3 Å². The second kappa shape index (κ2) is 8.89. The molecule has 116 valence electrons. The maximum Gasteiger partial charge on any atom is 0.255 e. The van der Waals surface area contributed by atoms with E-state index in [9.17, 15) is 14.0 Å². The molecule has 0 aliphatic heterocycles. The van der Waals surface area contributed by atoms with Crippen molar-refractivity contribution >= 4 is 17.6 Å². The summed E-state index contributed by atoms with van der Waals surface area (Å²) in [5, 5.41) is 8.05. The van der Waals surface area contributed by atoms with Gasteiger partial charge in [-0.3, -0.25) is 9.59 Å². The van der Waals surface area contributed by atoms with Crippen LogP contribution in [0, 0.1) is 5.82 Å². The minimum atomic E-state index is -0.599. The van der Waals surface area contributed by atoms with E-state index in [2.05, 4.69) is 20.9 Å². The normalized spacial score (nSPS) is 10.0. The lowest BCUT2D eigenvalue weighted by molar-refractivity contribution is -0.120. The molecule has 0 atom stereocenters. The van der Waals surface area contributed by atoms with E-state index in [0.717, 1.165) is 25.1 Å². The van der Waals surface area contributed by atoms with Crippen molar-refractivity contribution in [2.24, 2.45) is 0 Å². The van der Waals surface area contributed by atoms with Crippen LogP contribution in [-0.4, -0.2) is 36.4 Å². The molecule has 7 heteroatoms. The molecular weight excluding hydrogens is 275 g/mol. The number of aromatic nitrogens is 1. The fourth-order valence-electron chi connectivity index (χ4n) is 1.58. The molecule has 0 saturated heterocycles. The lowest BCUT2D eigenvalue weighted by Crippen LogP contribution is -2.37. The highest BCUT2D eigenvalue weighted by molar-refractivity contribution is 6.00. The Kier molecular flexibility index (Phi) is 7.14. The molecule has 0 unspecified atom stereocenters. The minimum absolute atomic E-state index is 0.0896. The summed E-state index contributed by atoms with van der Waals surface area (Å²) in [5.41, 5.74) is 0.0896. The van der Waals surface area contributed by atoms with Gasteiger partial charge in [-0.2, -0.15) is 0 Å². The molecule has 0 saturated carbocycles. The number of carbonyl (C=O) groups is 2. The van der Waals surface area contributed by atoms with Crippen molar-refractivity contribution < 1.29 is 14.0 Å². The first kappa shape index (κ1) is 16.9. The summed E-state index contributed by atoms with van der Waals surface area (Å²) in [5.74, 6) is -1.10. The summed E-state index contributed by atoms with van der Waals surface area (Å²) in [6, 6.07) is 1.10. The average Bonchev–Trinajstić information content (AvgIpc) is 2.49. The summed E-state index contributed by atoms with van der Waals surface area (Å²) < 4.78 is 13.2. The van der Waals surface area contributed by atoms with Gasteiger partial charge in [0.15, 0.2) is 0 Å². The third-order valence-corrected chi connectivity index (χ3v) is 2.62. The highest BCUT2D eigenvalue weighted by Crippen LogP contribution is 2.13. The second-order valence-corrected chi connectivity index (χ2v) is 4.51. The van der Waals surface area contributed by atoms with Gasteiger partial charge < -0.3 is 16.0 Å². The zero-order valence-electron chi connectivity index (χ0n) is 12.3. The molecule has 2 amide bonds. The van der Waals surface area contributed by atoms with Gasteiger partial charge >= 0.3 is 0 Å². The lowest BCUT2D eigenvalue weighted by Gasteiger charge is -2.11. The first-order valence-corrected chi connectivity index (χ1v) is 7.02. The Morgan fingerprint density at radius 2 is 1.90 bits per heavy atom. The maximum absolute atomic E-state index is 13.2. The van der Waals surface area contributed by atoms with Gasteiger partial charge in [0, 0.05) is 13.1 Å². The molecule has 1 heterocycles. The van der Waals surface area contributed by atoms with Gasteiger partial charge in [-0.25, -0.2) is 9.37 Å². The summed E-state index contributed by atoms with van der Waals surface area (Å²) in [4.78, 5) is 27.3. The molecule has 0 aromatic carbocycles. The highest BCUT2D eigenvalue weighted by atomic mass is 19.1. The van der Waals surface area contributed by atoms with Crippen LogP contribution < -0.4 is 16.0 Å². The number of carbonyl (C=O) groups excluding carboxylic acids is 2. The fraction of sp³-hybridized carbons (Fsp3) is 0.500. The Morgan fingerprint density at radius 3 is 2.57 bits per heavy atom. The summed E-state index contributed by atoms with van der Waals surface area (Å²) in [6.45, 7) is 4.93. The first-order valence-electron chi connectivity index (χ1n) is 7.02. The van der Waals surface area contributed by atoms with Gasteiger partial charge in [0.05, 0.1) is 18.3 Å². The molecule has 21 heavy (non-hydrogen) atoms. The van der Waals surface area contributed by atoms with Crippen molar-refractivity contribution in [1.82, 2.24) is 15.6 Å². The molecule has 1 aromatic rings. The molecule has 0 spiro atoms. The van der Waals surface area contributed by atoms with Gasteiger partial charge in [0.2, 0.25) is 5.91 Å². The smallest absolute Gasteiger partial charge is 0.255 e. The number of anilines is 1. The number of rotatable bonds is 8. The number of hydrogen-bond donors (Lipinski definition) is 3. The van der Waals surface area contributed by atoms with Crippen molar-refractivity contribution in [2.45, 2.75) is 26.7 Å². The third-order valence-electron chi connectivity index (χ3n) is 2.62. The van der Waals surface area contributed by atoms with Crippen LogP contribution in [0.5, 0.6) is 0 Å². The Hall–Kier alpha value is -2.18. The standard InChI is InChI=1S/C14H21FN4O2/c1-3-5-16-12(20)9-19-14(21)11-7-10(15)8-18-13(11)17-6-4-2/h7-8H,3-6,9H2,1-2H3,(H,16,20)(H,17,18)(H,19,21). The zero-order chi connectivity index (χ0) is 15.7. The van der Waals surface area contributed by atoms with Crippen molar-refractivity contribution in [3.8, 4) is 0 Å². The van der Waals surface area contributed by atoms with E-state index in [-0.39, 0.29) is 18.0 Å². The topological polar surface area (TPSA) is 83.1 Å². The second-order valence-electron chi connectivity index (χ2n) is 4.51. The number of pyridine rings is 1. The largest absolute Gasteiger partial charge is 0.369 e. The highest BCUT2D eigenvalue weighted by Gasteiger charge is 2.14. The van der Waals surface area contributed by atoms with Crippen molar-refractivity contribution in [3.05, 3.63) is 23.6 Å². The first-order chi connectivity index (χ1) is 10.1. The van der Waals surface area contributed by atoms with Crippen molar-refractivity contribution in [1.29, 1.82) is 0 Å². The SMILES string of the molecule is CCCNC(=O)CNC(=O)c1cc(F)cnc1NCCC. The maximum atomic E-state index is 13.2. The van der Waals surface area contributed by atoms with Gasteiger partial charge in [0.25, 0.3) is 5.91 Å². The van der Waals surface area contributed by atoms with E-state index in [1.54, 1.807) is 0 Å². The van der Waals surface area contributed by atoms with Crippen LogP contribution in [0.2, 0.25) is 0 Å². The Bertz CT molecular complexity index is 494. The van der Waals surface area contributed by atoms with E-state index in [1.165, 1.54) is 0 Å². The van der Waals surface area contributed by atoms with Crippen molar-refractivity contribution in [2.75, 3.05) is 25.0 Å². The van der Waals surface area contributed by atoms with Crippen LogP contribution in [0.3, 0.4) is 0 Å². The van der Waals surface area contributed by atoms with E-state index >= 15 is 0 Å². The molecule has 1 rings (SSSR count). The number of amides is 2. The van der Waals surface area contributed by atoms with Crippen LogP contribution in [0.25, 0.3) is 0 Å². The van der Waals surface area contributed by atoms with Crippen LogP contribution in [0.1, 0.15) is 37.0 Å². The zero-order valence-corrected chi connectivity index (χ0v) is 12.3. The van der Waals surface area contributed by atoms with E-state index in [1.807, 2.05) is 13.8 Å². The average molecular weight is 296 g/mol. The predicted octanol–water partition coefficient (Wildman–Crippen LogP) is 1.30. The third kappa shape index (κ3) is 5.76. The van der Waals surface area contributed by atoms with Crippen LogP contribution in [-0.2, 0) is 4.79 Å². The summed E-state index contributed by atoms with van der Waals surface area (Å²) in [7, 11) is 0. The van der Waals surface area contributed by atoms with Gasteiger partial charge in [-0.05, 0) is 18.9 Å². The number of nitrogens with one attached hydrogen (secondary N) is 3. The molecule has 3 N–H and O–H groups in total. The van der Waals surface area contributed by atoms with Gasteiger partial charge in [0.1, 0.15) is 11.6 Å². The Balaban J connectivity index is 2.67. The quantitative estimate of drug-likeness (QED) is 0.675. The molecule has 1 aromatic heterocycles. The summed E-state index contributed by atoms with van der Waals surface area (Å²) in [6.07, 6.45) is 2.71. The van der Waals surface area contributed by atoms with E-state index in [0.29, 0.717) is 18.9 Å². The van der Waals surface area contributed by atoms with Crippen molar-refractivity contribution in [3.63, 3.8) is 0 Å². The van der Waals surface area contributed by atoms with Gasteiger partial charge in [-0.1, -0.05) is 13.8 Å². The summed E-state index contributed by atoms with van der Waals surface area (Å²) >= 11 is 0. The molecule has 0 aliphatic carbocycles. The Labute approximate surface area is 123 Å². The van der Waals surface area contributed by atoms with Gasteiger partial charge in [-0.15, -0.1) is 0 Å². The molecule has 0 fully saturated rings. The van der Waals surface area contributed by atoms with Crippen LogP contribution in [0.4, 0.5) is 10.2 Å². The molecule has 0 radical (unpaired) electrons. The monoisotopic (exact) mass is 296 g/mol. The van der Waals surface area contributed by atoms with E-state index in [4.69, 9.17) is 0 Å². The Morgan fingerprint density at radius 1 is 1.19 bits per heavy atom. The molecule has 6 nitrogen and oxygen atoms in total. The fourth-order valence-corrected chi connectivity index (χ4v) is 1.58. The molecule has 0 bridgehead atoms.